The van der Waals surface area contributed by atoms with E-state index in [0.29, 0.717) is 5.75 Å². The van der Waals surface area contributed by atoms with E-state index in [9.17, 15) is 0 Å². The highest BCUT2D eigenvalue weighted by molar-refractivity contribution is 6.18. The Bertz CT molecular complexity index is 1140. The van der Waals surface area contributed by atoms with Crippen LogP contribution < -0.4 is 4.65 Å². The van der Waals surface area contributed by atoms with E-state index in [1.54, 1.807) is 0 Å². The van der Waals surface area contributed by atoms with Gasteiger partial charge in [0.15, 0.2) is 0 Å². The zero-order chi connectivity index (χ0) is 17.2. The van der Waals surface area contributed by atoms with Crippen molar-refractivity contribution in [3.63, 3.8) is 0 Å². The predicted octanol–water partition coefficient (Wildman–Crippen LogP) is 4.33. The number of para-hydroxylation sites is 2. The number of hydrogen-bond donors (Lipinski definition) is 1. The second-order valence-corrected chi connectivity index (χ2v) is 7.08. The predicted molar refractivity (Wildman–Crippen MR) is 102 cm³/mol. The van der Waals surface area contributed by atoms with Gasteiger partial charge in [-0.25, -0.2) is 0 Å². The summed E-state index contributed by atoms with van der Waals surface area (Å²) in [6.45, 7) is 4.58. The highest BCUT2D eigenvalue weighted by Gasteiger charge is 2.34. The van der Waals surface area contributed by atoms with Crippen LogP contribution in [0.4, 0.5) is 0 Å². The summed E-state index contributed by atoms with van der Waals surface area (Å²) in [7, 11) is 0.724. The van der Waals surface area contributed by atoms with E-state index < -0.39 is 0 Å². The van der Waals surface area contributed by atoms with Crippen molar-refractivity contribution in [1.82, 2.24) is 4.57 Å². The van der Waals surface area contributed by atoms with E-state index in [-0.39, 0.29) is 5.41 Å². The SMILES string of the molecule is CC1(C)c2ccccc2-n2c3ccc(O[B]O)cc3c3cccc1c32. The first-order chi connectivity index (χ1) is 12.1. The summed E-state index contributed by atoms with van der Waals surface area (Å²) < 4.78 is 7.54. The lowest BCUT2D eigenvalue weighted by Crippen LogP contribution is -2.26. The van der Waals surface area contributed by atoms with E-state index in [1.807, 2.05) is 12.1 Å². The number of aromatic nitrogens is 1. The molecule has 2 heterocycles. The molecule has 0 saturated heterocycles. The molecule has 3 nitrogen and oxygen atoms in total. The zero-order valence-electron chi connectivity index (χ0n) is 14.2. The second kappa shape index (κ2) is 4.90. The lowest BCUT2D eigenvalue weighted by molar-refractivity contribution is 0.454. The molecule has 121 valence electrons. The molecule has 1 N–H and O–H groups in total. The van der Waals surface area contributed by atoms with Gasteiger partial charge >= 0.3 is 7.69 Å². The van der Waals surface area contributed by atoms with Gasteiger partial charge in [-0.1, -0.05) is 50.2 Å². The van der Waals surface area contributed by atoms with Crippen molar-refractivity contribution >= 4 is 29.5 Å². The van der Waals surface area contributed by atoms with Crippen LogP contribution in [0.1, 0.15) is 25.0 Å². The summed E-state index contributed by atoms with van der Waals surface area (Å²) in [6.07, 6.45) is 0. The molecule has 0 spiro atoms. The molecular formula is C21H17BNO2. The van der Waals surface area contributed by atoms with Crippen molar-refractivity contribution in [1.29, 1.82) is 0 Å². The van der Waals surface area contributed by atoms with E-state index in [0.717, 1.165) is 18.6 Å². The summed E-state index contributed by atoms with van der Waals surface area (Å²) in [5.74, 6) is 0.631. The summed E-state index contributed by atoms with van der Waals surface area (Å²) in [5.41, 5.74) is 6.24. The van der Waals surface area contributed by atoms with Crippen molar-refractivity contribution in [3.8, 4) is 11.4 Å². The minimum absolute atomic E-state index is 0.0569. The summed E-state index contributed by atoms with van der Waals surface area (Å²) in [6, 6.07) is 21.1. The minimum atomic E-state index is -0.0569. The van der Waals surface area contributed by atoms with Crippen molar-refractivity contribution in [2.45, 2.75) is 19.3 Å². The maximum atomic E-state index is 8.96. The van der Waals surface area contributed by atoms with Crippen LogP contribution in [0.3, 0.4) is 0 Å². The molecule has 1 aromatic heterocycles. The normalized spacial score (nSPS) is 14.5. The molecule has 1 aliphatic rings. The van der Waals surface area contributed by atoms with E-state index in [1.165, 1.54) is 27.7 Å². The van der Waals surface area contributed by atoms with Crippen molar-refractivity contribution in [2.75, 3.05) is 0 Å². The van der Waals surface area contributed by atoms with Gasteiger partial charge in [0.1, 0.15) is 5.75 Å². The molecule has 0 bridgehead atoms. The average molecular weight is 326 g/mol. The quantitative estimate of drug-likeness (QED) is 0.557. The smallest absolute Gasteiger partial charge is 0.537 e. The first-order valence-corrected chi connectivity index (χ1v) is 8.43. The third kappa shape index (κ3) is 1.80. The average Bonchev–Trinajstić information content (AvgIpc) is 2.95. The van der Waals surface area contributed by atoms with Crippen LogP contribution in [-0.4, -0.2) is 17.3 Å². The third-order valence-electron chi connectivity index (χ3n) is 5.44. The van der Waals surface area contributed by atoms with Crippen LogP contribution in [0.2, 0.25) is 0 Å². The zero-order valence-corrected chi connectivity index (χ0v) is 14.2. The van der Waals surface area contributed by atoms with Gasteiger partial charge in [0, 0.05) is 16.2 Å². The molecule has 0 saturated carbocycles. The van der Waals surface area contributed by atoms with Gasteiger partial charge in [-0.2, -0.15) is 0 Å². The first-order valence-electron chi connectivity index (χ1n) is 8.43. The fourth-order valence-corrected chi connectivity index (χ4v) is 4.28. The standard InChI is InChI=1S/C21H17BNO2/c1-21(2)16-7-3-4-9-19(16)23-18-11-10-13(25-22-24)12-15(18)14-6-5-8-17(21)20(14)23/h3-12,24H,1-2H3. The van der Waals surface area contributed by atoms with Gasteiger partial charge in [-0.3, -0.25) is 0 Å². The highest BCUT2D eigenvalue weighted by atomic mass is 16.5. The van der Waals surface area contributed by atoms with Gasteiger partial charge in [-0.15, -0.1) is 0 Å². The molecule has 5 rings (SSSR count). The topological polar surface area (TPSA) is 34.4 Å². The molecule has 25 heavy (non-hydrogen) atoms. The number of benzene rings is 3. The monoisotopic (exact) mass is 326 g/mol. The summed E-state index contributed by atoms with van der Waals surface area (Å²) in [5, 5.41) is 11.3. The van der Waals surface area contributed by atoms with E-state index >= 15 is 0 Å². The molecule has 0 unspecified atom stereocenters. The van der Waals surface area contributed by atoms with Gasteiger partial charge in [0.25, 0.3) is 0 Å². The Morgan fingerprint density at radius 2 is 1.72 bits per heavy atom. The number of rotatable bonds is 2. The van der Waals surface area contributed by atoms with Gasteiger partial charge in [-0.05, 0) is 35.4 Å². The molecule has 0 amide bonds. The Hall–Kier alpha value is -2.72. The largest absolute Gasteiger partial charge is 0.569 e. The lowest BCUT2D eigenvalue weighted by Gasteiger charge is -2.34. The Labute approximate surface area is 146 Å². The summed E-state index contributed by atoms with van der Waals surface area (Å²) >= 11 is 0. The number of nitrogens with zero attached hydrogens (tertiary/aromatic N) is 1. The van der Waals surface area contributed by atoms with Gasteiger partial charge < -0.3 is 14.2 Å². The fraction of sp³-hybridized carbons (Fsp3) is 0.143. The van der Waals surface area contributed by atoms with Crippen molar-refractivity contribution in [2.24, 2.45) is 0 Å². The Morgan fingerprint density at radius 1 is 0.920 bits per heavy atom. The Morgan fingerprint density at radius 3 is 2.56 bits per heavy atom. The van der Waals surface area contributed by atoms with Crippen LogP contribution in [-0.2, 0) is 5.41 Å². The molecular weight excluding hydrogens is 309 g/mol. The first kappa shape index (κ1) is 14.6. The molecule has 4 heteroatoms. The lowest BCUT2D eigenvalue weighted by atomic mass is 9.75. The molecule has 0 fully saturated rings. The van der Waals surface area contributed by atoms with Crippen molar-refractivity contribution in [3.05, 3.63) is 71.8 Å². The molecule has 4 aromatic rings. The molecule has 0 aliphatic carbocycles. The van der Waals surface area contributed by atoms with Crippen LogP contribution in [0, 0.1) is 0 Å². The minimum Gasteiger partial charge on any atom is -0.537 e. The maximum absolute atomic E-state index is 8.96. The fourth-order valence-electron chi connectivity index (χ4n) is 4.28. The molecule has 0 atom stereocenters. The molecule has 3 aromatic carbocycles. The van der Waals surface area contributed by atoms with E-state index in [2.05, 4.69) is 66.9 Å². The van der Waals surface area contributed by atoms with Crippen molar-refractivity contribution < 1.29 is 9.68 Å². The number of hydrogen-bond acceptors (Lipinski definition) is 2. The highest BCUT2D eigenvalue weighted by Crippen LogP contribution is 2.47. The Kier molecular flexibility index (Phi) is 2.86. The van der Waals surface area contributed by atoms with E-state index in [4.69, 9.17) is 9.68 Å². The van der Waals surface area contributed by atoms with Gasteiger partial charge in [0.2, 0.25) is 0 Å². The van der Waals surface area contributed by atoms with Gasteiger partial charge in [0.05, 0.1) is 16.7 Å². The maximum Gasteiger partial charge on any atom is 0.569 e. The van der Waals surface area contributed by atoms with Crippen LogP contribution in [0.25, 0.3) is 27.5 Å². The third-order valence-corrected chi connectivity index (χ3v) is 5.44. The number of fused-ring (bicyclic) bond motifs is 5. The van der Waals surface area contributed by atoms with Crippen LogP contribution in [0.5, 0.6) is 5.75 Å². The Balaban J connectivity index is 2.00. The van der Waals surface area contributed by atoms with Crippen LogP contribution >= 0.6 is 0 Å². The molecule has 1 radical (unpaired) electrons. The second-order valence-electron chi connectivity index (χ2n) is 7.08. The van der Waals surface area contributed by atoms with Crippen LogP contribution in [0.15, 0.2) is 60.7 Å². The summed E-state index contributed by atoms with van der Waals surface area (Å²) in [4.78, 5) is 0. The molecule has 1 aliphatic heterocycles.